The van der Waals surface area contributed by atoms with Crippen molar-refractivity contribution < 1.29 is 13.2 Å². The van der Waals surface area contributed by atoms with Gasteiger partial charge in [0.15, 0.2) is 0 Å². The quantitative estimate of drug-likeness (QED) is 0.812. The molecule has 2 atom stereocenters. The molecule has 5 nitrogen and oxygen atoms in total. The molecule has 0 radical (unpaired) electrons. The first-order valence-corrected chi connectivity index (χ1v) is 10.8. The highest BCUT2D eigenvalue weighted by Gasteiger charge is 2.23. The van der Waals surface area contributed by atoms with E-state index in [1.54, 1.807) is 24.3 Å². The van der Waals surface area contributed by atoms with Gasteiger partial charge in [-0.05, 0) is 62.1 Å². The number of nitrogens with one attached hydrogen (secondary N) is 2. The minimum absolute atomic E-state index is 0.130. The lowest BCUT2D eigenvalue weighted by atomic mass is 9.86. The van der Waals surface area contributed by atoms with Crippen LogP contribution in [0.4, 0.5) is 5.69 Å². The van der Waals surface area contributed by atoms with Crippen LogP contribution in [-0.2, 0) is 10.0 Å². The van der Waals surface area contributed by atoms with Gasteiger partial charge in [0.1, 0.15) is 0 Å². The number of hydrogen-bond acceptors (Lipinski definition) is 3. The fraction of sp³-hybridized carbons (Fsp3) is 0.381. The Morgan fingerprint density at radius 1 is 0.963 bits per heavy atom. The van der Waals surface area contributed by atoms with Gasteiger partial charge < -0.3 is 5.32 Å². The van der Waals surface area contributed by atoms with Crippen LogP contribution >= 0.6 is 0 Å². The number of rotatable bonds is 5. The van der Waals surface area contributed by atoms with E-state index in [1.807, 2.05) is 19.1 Å². The lowest BCUT2D eigenvalue weighted by Gasteiger charge is -2.29. The van der Waals surface area contributed by atoms with E-state index in [2.05, 4.69) is 17.0 Å². The third kappa shape index (κ3) is 4.89. The average Bonchev–Trinajstić information content (AvgIpc) is 2.65. The van der Waals surface area contributed by atoms with Gasteiger partial charge >= 0.3 is 0 Å². The molecule has 2 N–H and O–H groups in total. The third-order valence-electron chi connectivity index (χ3n) is 5.16. The van der Waals surface area contributed by atoms with E-state index in [0.717, 1.165) is 24.8 Å². The normalized spacial score (nSPS) is 20.1. The fourth-order valence-corrected chi connectivity index (χ4v) is 4.46. The van der Waals surface area contributed by atoms with Crippen molar-refractivity contribution in [3.63, 3.8) is 0 Å². The number of anilines is 1. The van der Waals surface area contributed by atoms with Gasteiger partial charge in [-0.1, -0.05) is 37.5 Å². The van der Waals surface area contributed by atoms with Gasteiger partial charge in [-0.2, -0.15) is 0 Å². The molecule has 3 rings (SSSR count). The average molecular weight is 387 g/mol. The van der Waals surface area contributed by atoms with Crippen LogP contribution in [0.3, 0.4) is 0 Å². The second-order valence-corrected chi connectivity index (χ2v) is 9.02. The second kappa shape index (κ2) is 8.13. The zero-order valence-corrected chi connectivity index (χ0v) is 16.6. The molecule has 1 fully saturated rings. The van der Waals surface area contributed by atoms with Crippen molar-refractivity contribution in [1.29, 1.82) is 0 Å². The van der Waals surface area contributed by atoms with Crippen molar-refractivity contribution in [2.24, 2.45) is 5.92 Å². The van der Waals surface area contributed by atoms with Crippen molar-refractivity contribution in [2.45, 2.75) is 50.5 Å². The maximum Gasteiger partial charge on any atom is 0.261 e. The molecule has 27 heavy (non-hydrogen) atoms. The highest BCUT2D eigenvalue weighted by molar-refractivity contribution is 7.92. The Morgan fingerprint density at radius 3 is 2.22 bits per heavy atom. The molecular weight excluding hydrogens is 360 g/mol. The van der Waals surface area contributed by atoms with E-state index in [0.29, 0.717) is 17.2 Å². The summed E-state index contributed by atoms with van der Waals surface area (Å²) in [6, 6.07) is 13.4. The van der Waals surface area contributed by atoms with Gasteiger partial charge in [0.25, 0.3) is 15.9 Å². The first-order chi connectivity index (χ1) is 12.8. The molecule has 0 heterocycles. The van der Waals surface area contributed by atoms with Crippen LogP contribution in [0, 0.1) is 12.8 Å². The summed E-state index contributed by atoms with van der Waals surface area (Å²) >= 11 is 0. The SMILES string of the molecule is Cc1ccc(NS(=O)(=O)c2ccc(C(=O)N[C@@H]3CCCC[C@H]3C)cc2)cc1. The van der Waals surface area contributed by atoms with Gasteiger partial charge in [0.2, 0.25) is 0 Å². The fourth-order valence-electron chi connectivity index (χ4n) is 3.40. The van der Waals surface area contributed by atoms with E-state index < -0.39 is 10.0 Å². The topological polar surface area (TPSA) is 75.3 Å². The summed E-state index contributed by atoms with van der Waals surface area (Å²) < 4.78 is 27.6. The molecule has 2 aromatic carbocycles. The standard InChI is InChI=1S/C21H26N2O3S/c1-15-7-11-18(12-8-15)23-27(25,26)19-13-9-17(10-14-19)21(24)22-20-6-4-3-5-16(20)2/h7-14,16,20,23H,3-6H2,1-2H3,(H,22,24)/t16-,20-/m1/s1. The Morgan fingerprint density at radius 2 is 1.59 bits per heavy atom. The molecule has 0 aliphatic heterocycles. The van der Waals surface area contributed by atoms with Crippen LogP contribution in [0.2, 0.25) is 0 Å². The Hall–Kier alpha value is -2.34. The van der Waals surface area contributed by atoms with E-state index >= 15 is 0 Å². The zero-order chi connectivity index (χ0) is 19.4. The van der Waals surface area contributed by atoms with E-state index in [-0.39, 0.29) is 16.8 Å². The van der Waals surface area contributed by atoms with E-state index in [4.69, 9.17) is 0 Å². The van der Waals surface area contributed by atoms with E-state index in [1.165, 1.54) is 18.6 Å². The maximum atomic E-state index is 12.5. The summed E-state index contributed by atoms with van der Waals surface area (Å²) in [5, 5.41) is 3.08. The Balaban J connectivity index is 1.68. The number of aryl methyl sites for hydroxylation is 1. The van der Waals surface area contributed by atoms with Gasteiger partial charge in [0.05, 0.1) is 4.90 Å². The molecule has 1 aliphatic carbocycles. The summed E-state index contributed by atoms with van der Waals surface area (Å²) in [5.41, 5.74) is 2.04. The number of sulfonamides is 1. The molecule has 1 aliphatic rings. The Labute approximate surface area is 161 Å². The van der Waals surface area contributed by atoms with Gasteiger partial charge in [-0.25, -0.2) is 8.42 Å². The first kappa shape index (κ1) is 19.4. The highest BCUT2D eigenvalue weighted by Crippen LogP contribution is 2.24. The van der Waals surface area contributed by atoms with Gasteiger partial charge in [-0.3, -0.25) is 9.52 Å². The smallest absolute Gasteiger partial charge is 0.261 e. The molecule has 0 aromatic heterocycles. The molecule has 0 bridgehead atoms. The van der Waals surface area contributed by atoms with Crippen LogP contribution < -0.4 is 10.0 Å². The van der Waals surface area contributed by atoms with E-state index in [9.17, 15) is 13.2 Å². The number of hydrogen-bond donors (Lipinski definition) is 2. The minimum Gasteiger partial charge on any atom is -0.349 e. The van der Waals surface area contributed by atoms with Gasteiger partial charge in [0, 0.05) is 17.3 Å². The summed E-state index contributed by atoms with van der Waals surface area (Å²) in [6.07, 6.45) is 4.48. The maximum absolute atomic E-state index is 12.5. The number of benzene rings is 2. The predicted molar refractivity (Wildman–Crippen MR) is 107 cm³/mol. The number of amides is 1. The molecule has 0 spiro atoms. The molecule has 2 aromatic rings. The summed E-state index contributed by atoms with van der Waals surface area (Å²) in [6.45, 7) is 4.10. The molecule has 0 unspecified atom stereocenters. The monoisotopic (exact) mass is 386 g/mol. The largest absolute Gasteiger partial charge is 0.349 e. The first-order valence-electron chi connectivity index (χ1n) is 9.35. The summed E-state index contributed by atoms with van der Waals surface area (Å²) in [7, 11) is -3.69. The van der Waals surface area contributed by atoms with Crippen molar-refractivity contribution in [2.75, 3.05) is 4.72 Å². The van der Waals surface area contributed by atoms with Crippen LogP contribution in [0.5, 0.6) is 0 Å². The lowest BCUT2D eigenvalue weighted by molar-refractivity contribution is 0.0910. The van der Waals surface area contributed by atoms with Crippen molar-refractivity contribution >= 4 is 21.6 Å². The molecular formula is C21H26N2O3S. The second-order valence-electron chi connectivity index (χ2n) is 7.34. The molecule has 1 saturated carbocycles. The molecule has 6 heteroatoms. The number of carbonyl (C=O) groups excluding carboxylic acids is 1. The zero-order valence-electron chi connectivity index (χ0n) is 15.7. The summed E-state index contributed by atoms with van der Waals surface area (Å²) in [5.74, 6) is 0.324. The Kier molecular flexibility index (Phi) is 5.85. The molecule has 1 amide bonds. The van der Waals surface area contributed by atoms with Crippen LogP contribution in [0.15, 0.2) is 53.4 Å². The van der Waals surface area contributed by atoms with Crippen LogP contribution in [-0.4, -0.2) is 20.4 Å². The van der Waals surface area contributed by atoms with Gasteiger partial charge in [-0.15, -0.1) is 0 Å². The van der Waals surface area contributed by atoms with Crippen molar-refractivity contribution in [1.82, 2.24) is 5.32 Å². The predicted octanol–water partition coefficient (Wildman–Crippen LogP) is 4.10. The van der Waals surface area contributed by atoms with Crippen LogP contribution in [0.1, 0.15) is 48.5 Å². The van der Waals surface area contributed by atoms with Crippen molar-refractivity contribution in [3.05, 3.63) is 59.7 Å². The number of carbonyl (C=O) groups is 1. The summed E-state index contributed by atoms with van der Waals surface area (Å²) in [4.78, 5) is 12.6. The minimum atomic E-state index is -3.69. The lowest BCUT2D eigenvalue weighted by Crippen LogP contribution is -2.41. The van der Waals surface area contributed by atoms with Crippen LogP contribution in [0.25, 0.3) is 0 Å². The Bertz CT molecular complexity index is 890. The molecule has 144 valence electrons. The highest BCUT2D eigenvalue weighted by atomic mass is 32.2. The van der Waals surface area contributed by atoms with Crippen molar-refractivity contribution in [3.8, 4) is 0 Å². The molecule has 0 saturated heterocycles. The third-order valence-corrected chi connectivity index (χ3v) is 6.56.